The summed E-state index contributed by atoms with van der Waals surface area (Å²) < 4.78 is 17.7. The van der Waals surface area contributed by atoms with Crippen molar-refractivity contribution in [2.24, 2.45) is 5.73 Å². The molecule has 1 atom stereocenters. The SMILES string of the molecule is COc1cc(C2C(C#N)=C(N)Oc3c2ccc2cnccc32)cc(I)c1OC. The van der Waals surface area contributed by atoms with Crippen molar-refractivity contribution in [1.29, 1.82) is 5.26 Å². The third kappa shape index (κ3) is 2.81. The van der Waals surface area contributed by atoms with Gasteiger partial charge in [0.2, 0.25) is 5.88 Å². The van der Waals surface area contributed by atoms with Crippen LogP contribution in [0.3, 0.4) is 0 Å². The summed E-state index contributed by atoms with van der Waals surface area (Å²) in [5.74, 6) is 1.62. The summed E-state index contributed by atoms with van der Waals surface area (Å²) in [6.07, 6.45) is 3.48. The molecule has 1 aliphatic rings. The number of aromatic nitrogens is 1. The van der Waals surface area contributed by atoms with Crippen LogP contribution >= 0.6 is 22.6 Å². The first-order valence-electron chi connectivity index (χ1n) is 8.44. The molecule has 7 heteroatoms. The van der Waals surface area contributed by atoms with E-state index in [0.29, 0.717) is 22.8 Å². The van der Waals surface area contributed by atoms with Gasteiger partial charge in [0.25, 0.3) is 0 Å². The van der Waals surface area contributed by atoms with Crippen LogP contribution in [0.5, 0.6) is 17.2 Å². The van der Waals surface area contributed by atoms with Crippen molar-refractivity contribution in [1.82, 2.24) is 4.98 Å². The van der Waals surface area contributed by atoms with Gasteiger partial charge >= 0.3 is 0 Å². The van der Waals surface area contributed by atoms with Crippen LogP contribution in [0.1, 0.15) is 17.0 Å². The van der Waals surface area contributed by atoms with E-state index in [-0.39, 0.29) is 11.8 Å². The minimum absolute atomic E-state index is 0.106. The van der Waals surface area contributed by atoms with E-state index in [9.17, 15) is 5.26 Å². The lowest BCUT2D eigenvalue weighted by Crippen LogP contribution is -2.21. The van der Waals surface area contributed by atoms with Gasteiger partial charge in [0.05, 0.1) is 23.7 Å². The van der Waals surface area contributed by atoms with Crippen LogP contribution in [0, 0.1) is 14.9 Å². The monoisotopic (exact) mass is 485 g/mol. The van der Waals surface area contributed by atoms with Gasteiger partial charge < -0.3 is 19.9 Å². The third-order valence-electron chi connectivity index (χ3n) is 4.79. The number of nitriles is 1. The lowest BCUT2D eigenvalue weighted by atomic mass is 9.82. The van der Waals surface area contributed by atoms with Crippen LogP contribution in [-0.4, -0.2) is 19.2 Å². The van der Waals surface area contributed by atoms with E-state index < -0.39 is 0 Å². The molecule has 1 unspecified atom stereocenters. The fourth-order valence-electron chi connectivity index (χ4n) is 3.53. The van der Waals surface area contributed by atoms with E-state index in [4.69, 9.17) is 19.9 Å². The zero-order chi connectivity index (χ0) is 19.8. The first-order valence-corrected chi connectivity index (χ1v) is 9.52. The second kappa shape index (κ2) is 7.20. The Bertz CT molecular complexity index is 1170. The van der Waals surface area contributed by atoms with E-state index >= 15 is 0 Å². The number of nitrogens with two attached hydrogens (primary N) is 1. The molecule has 1 aliphatic heterocycles. The van der Waals surface area contributed by atoms with Crippen LogP contribution in [0.15, 0.2) is 54.2 Å². The number of benzene rings is 2. The van der Waals surface area contributed by atoms with Crippen molar-refractivity contribution in [3.8, 4) is 23.3 Å². The Hall–Kier alpha value is -2.99. The molecule has 3 aromatic rings. The Balaban J connectivity index is 2.00. The zero-order valence-electron chi connectivity index (χ0n) is 15.2. The third-order valence-corrected chi connectivity index (χ3v) is 5.59. The molecule has 0 bridgehead atoms. The van der Waals surface area contributed by atoms with Gasteiger partial charge in [-0.3, -0.25) is 4.98 Å². The number of nitrogens with zero attached hydrogens (tertiary/aromatic N) is 2. The van der Waals surface area contributed by atoms with Gasteiger partial charge in [0.1, 0.15) is 17.4 Å². The summed E-state index contributed by atoms with van der Waals surface area (Å²) in [5.41, 5.74) is 8.26. The van der Waals surface area contributed by atoms with Crippen molar-refractivity contribution in [3.05, 3.63) is 68.9 Å². The zero-order valence-corrected chi connectivity index (χ0v) is 17.4. The Morgan fingerprint density at radius 1 is 1.21 bits per heavy atom. The number of pyridine rings is 1. The molecule has 0 saturated heterocycles. The number of methoxy groups -OCH3 is 2. The van der Waals surface area contributed by atoms with Crippen LogP contribution in [0.4, 0.5) is 0 Å². The largest absolute Gasteiger partial charge is 0.493 e. The summed E-state index contributed by atoms with van der Waals surface area (Å²) in [7, 11) is 3.19. The van der Waals surface area contributed by atoms with Gasteiger partial charge in [-0.1, -0.05) is 12.1 Å². The summed E-state index contributed by atoms with van der Waals surface area (Å²) in [5, 5.41) is 11.6. The van der Waals surface area contributed by atoms with Gasteiger partial charge in [0.15, 0.2) is 11.5 Å². The Morgan fingerprint density at radius 2 is 2.04 bits per heavy atom. The quantitative estimate of drug-likeness (QED) is 0.563. The number of hydrogen-bond acceptors (Lipinski definition) is 6. The van der Waals surface area contributed by atoms with Gasteiger partial charge in [-0.25, -0.2) is 0 Å². The van der Waals surface area contributed by atoms with Gasteiger partial charge in [-0.05, 0) is 46.4 Å². The summed E-state index contributed by atoms with van der Waals surface area (Å²) in [6, 6.07) is 11.9. The summed E-state index contributed by atoms with van der Waals surface area (Å²) in [6.45, 7) is 0. The van der Waals surface area contributed by atoms with E-state index in [1.165, 1.54) is 0 Å². The van der Waals surface area contributed by atoms with Crippen molar-refractivity contribution in [3.63, 3.8) is 0 Å². The molecule has 6 nitrogen and oxygen atoms in total. The van der Waals surface area contributed by atoms with Gasteiger partial charge in [-0.2, -0.15) is 5.26 Å². The molecule has 28 heavy (non-hydrogen) atoms. The van der Waals surface area contributed by atoms with Crippen molar-refractivity contribution < 1.29 is 14.2 Å². The summed E-state index contributed by atoms with van der Waals surface area (Å²) >= 11 is 2.19. The number of rotatable bonds is 3. The molecule has 140 valence electrons. The second-order valence-corrected chi connectivity index (χ2v) is 7.41. The lowest BCUT2D eigenvalue weighted by molar-refractivity contribution is 0.352. The highest BCUT2D eigenvalue weighted by atomic mass is 127. The smallest absolute Gasteiger partial charge is 0.205 e. The minimum Gasteiger partial charge on any atom is -0.493 e. The normalized spacial score (nSPS) is 15.6. The molecule has 0 saturated carbocycles. The molecule has 0 radical (unpaired) electrons. The predicted octanol–water partition coefficient (Wildman–Crippen LogP) is 4.07. The first kappa shape index (κ1) is 18.4. The second-order valence-electron chi connectivity index (χ2n) is 6.24. The van der Waals surface area contributed by atoms with Crippen LogP contribution in [0.25, 0.3) is 10.8 Å². The Morgan fingerprint density at radius 3 is 2.75 bits per heavy atom. The van der Waals surface area contributed by atoms with E-state index in [1.54, 1.807) is 26.6 Å². The summed E-state index contributed by atoms with van der Waals surface area (Å²) in [4.78, 5) is 4.16. The average molecular weight is 485 g/mol. The molecule has 2 aromatic carbocycles. The number of halogens is 1. The Labute approximate surface area is 175 Å². The molecule has 4 rings (SSSR count). The fraction of sp³-hybridized carbons (Fsp3) is 0.143. The van der Waals surface area contributed by atoms with Crippen molar-refractivity contribution >= 4 is 33.4 Å². The predicted molar refractivity (Wildman–Crippen MR) is 113 cm³/mol. The fourth-order valence-corrected chi connectivity index (χ4v) is 4.38. The van der Waals surface area contributed by atoms with Crippen LogP contribution in [-0.2, 0) is 0 Å². The maximum absolute atomic E-state index is 9.79. The minimum atomic E-state index is -0.375. The first-order chi connectivity index (χ1) is 13.6. The lowest BCUT2D eigenvalue weighted by Gasteiger charge is -2.28. The highest BCUT2D eigenvalue weighted by Gasteiger charge is 2.32. The van der Waals surface area contributed by atoms with E-state index in [0.717, 1.165) is 25.5 Å². The molecule has 0 fully saturated rings. The molecule has 0 amide bonds. The van der Waals surface area contributed by atoms with E-state index in [1.807, 2.05) is 30.3 Å². The highest BCUT2D eigenvalue weighted by Crippen LogP contribution is 2.47. The van der Waals surface area contributed by atoms with Crippen LogP contribution in [0.2, 0.25) is 0 Å². The maximum Gasteiger partial charge on any atom is 0.205 e. The number of fused-ring (bicyclic) bond motifs is 3. The molecule has 2 N–H and O–H groups in total. The van der Waals surface area contributed by atoms with Gasteiger partial charge in [0, 0.05) is 28.7 Å². The molecule has 2 heterocycles. The molecular weight excluding hydrogens is 469 g/mol. The molecule has 0 aliphatic carbocycles. The maximum atomic E-state index is 9.79. The number of allylic oxidation sites excluding steroid dienone is 1. The Kier molecular flexibility index (Phi) is 4.73. The van der Waals surface area contributed by atoms with Crippen molar-refractivity contribution in [2.75, 3.05) is 14.2 Å². The molecule has 1 aromatic heterocycles. The number of ether oxygens (including phenoxy) is 3. The van der Waals surface area contributed by atoms with Crippen LogP contribution < -0.4 is 19.9 Å². The average Bonchev–Trinajstić information content (AvgIpc) is 2.72. The number of hydrogen-bond donors (Lipinski definition) is 1. The molecule has 0 spiro atoms. The highest BCUT2D eigenvalue weighted by molar-refractivity contribution is 14.1. The topological polar surface area (TPSA) is 90.4 Å². The van der Waals surface area contributed by atoms with E-state index in [2.05, 4.69) is 33.6 Å². The van der Waals surface area contributed by atoms with Gasteiger partial charge in [-0.15, -0.1) is 0 Å². The molecular formula is C21H16IN3O3. The standard InChI is InChI=1S/C21H16IN3O3/c1-26-17-8-12(7-16(22)20(17)27-2)18-14-4-3-11-10-25-6-5-13(11)19(14)28-21(24)15(18)9-23/h3-8,10,18H,24H2,1-2H3. The van der Waals surface area contributed by atoms with Crippen molar-refractivity contribution in [2.45, 2.75) is 5.92 Å².